The summed E-state index contributed by atoms with van der Waals surface area (Å²) in [6, 6.07) is 3.67. The first-order valence-electron chi connectivity index (χ1n) is 5.60. The molecule has 0 radical (unpaired) electrons. The predicted octanol–water partition coefficient (Wildman–Crippen LogP) is 2.06. The summed E-state index contributed by atoms with van der Waals surface area (Å²) in [6.07, 6.45) is 0. The zero-order chi connectivity index (χ0) is 14.0. The maximum absolute atomic E-state index is 11.8. The number of esters is 1. The van der Waals surface area contributed by atoms with Crippen LogP contribution in [0.5, 0.6) is 11.5 Å². The van der Waals surface area contributed by atoms with E-state index < -0.39 is 5.97 Å². The summed E-state index contributed by atoms with van der Waals surface area (Å²) in [6.45, 7) is 3.49. The standard InChI is InChI=1S/C13H13NO5/c1-7-11(8(2)19-14-7)6-18-13(17)10-4-3-9(15)5-12(10)16/h3-5,15-16H,6H2,1-2H3. The number of hydrogen-bond acceptors (Lipinski definition) is 6. The molecular formula is C13H13NO5. The first-order chi connectivity index (χ1) is 8.99. The quantitative estimate of drug-likeness (QED) is 0.823. The van der Waals surface area contributed by atoms with Crippen LogP contribution in [0.4, 0.5) is 0 Å². The first kappa shape index (κ1) is 12.9. The van der Waals surface area contributed by atoms with Gasteiger partial charge in [-0.25, -0.2) is 4.79 Å². The molecule has 0 aliphatic carbocycles. The van der Waals surface area contributed by atoms with E-state index in [9.17, 15) is 9.90 Å². The second-order valence-electron chi connectivity index (χ2n) is 4.08. The molecule has 2 N–H and O–H groups in total. The van der Waals surface area contributed by atoms with Crippen molar-refractivity contribution in [3.8, 4) is 11.5 Å². The molecule has 0 amide bonds. The lowest BCUT2D eigenvalue weighted by Gasteiger charge is -2.06. The van der Waals surface area contributed by atoms with E-state index in [4.69, 9.17) is 14.4 Å². The summed E-state index contributed by atoms with van der Waals surface area (Å²) < 4.78 is 10.0. The lowest BCUT2D eigenvalue weighted by Crippen LogP contribution is -2.06. The Hall–Kier alpha value is -2.50. The number of benzene rings is 1. The number of carbonyl (C=O) groups excluding carboxylic acids is 1. The number of phenols is 2. The van der Waals surface area contributed by atoms with Gasteiger partial charge in [-0.05, 0) is 26.0 Å². The molecule has 0 aliphatic heterocycles. The largest absolute Gasteiger partial charge is 0.508 e. The van der Waals surface area contributed by atoms with E-state index in [1.54, 1.807) is 13.8 Å². The summed E-state index contributed by atoms with van der Waals surface area (Å²) in [4.78, 5) is 11.8. The number of aryl methyl sites for hydroxylation is 2. The zero-order valence-electron chi connectivity index (χ0n) is 10.5. The topological polar surface area (TPSA) is 92.8 Å². The molecular weight excluding hydrogens is 250 g/mol. The zero-order valence-corrected chi connectivity index (χ0v) is 10.5. The Labute approximate surface area is 109 Å². The predicted molar refractivity (Wildman–Crippen MR) is 64.9 cm³/mol. The molecule has 0 spiro atoms. The first-order valence-corrected chi connectivity index (χ1v) is 5.60. The highest BCUT2D eigenvalue weighted by atomic mass is 16.5. The van der Waals surface area contributed by atoms with E-state index >= 15 is 0 Å². The van der Waals surface area contributed by atoms with Crippen LogP contribution in [-0.4, -0.2) is 21.3 Å². The van der Waals surface area contributed by atoms with E-state index in [0.29, 0.717) is 17.0 Å². The van der Waals surface area contributed by atoms with Crippen molar-refractivity contribution >= 4 is 5.97 Å². The van der Waals surface area contributed by atoms with E-state index in [-0.39, 0.29) is 23.7 Å². The highest BCUT2D eigenvalue weighted by Crippen LogP contribution is 2.24. The number of aromatic nitrogens is 1. The van der Waals surface area contributed by atoms with Gasteiger partial charge in [0.05, 0.1) is 11.3 Å². The van der Waals surface area contributed by atoms with Crippen molar-refractivity contribution in [2.24, 2.45) is 0 Å². The van der Waals surface area contributed by atoms with Gasteiger partial charge in [-0.2, -0.15) is 0 Å². The summed E-state index contributed by atoms with van der Waals surface area (Å²) in [5.74, 6) is -0.554. The second kappa shape index (κ2) is 5.01. The minimum Gasteiger partial charge on any atom is -0.508 e. The van der Waals surface area contributed by atoms with Crippen LogP contribution in [-0.2, 0) is 11.3 Å². The van der Waals surface area contributed by atoms with Gasteiger partial charge in [0.15, 0.2) is 0 Å². The average molecular weight is 263 g/mol. The lowest BCUT2D eigenvalue weighted by atomic mass is 10.2. The SMILES string of the molecule is Cc1noc(C)c1COC(=O)c1ccc(O)cc1O. The molecule has 0 unspecified atom stereocenters. The average Bonchev–Trinajstić information content (AvgIpc) is 2.66. The second-order valence-corrected chi connectivity index (χ2v) is 4.08. The van der Waals surface area contributed by atoms with Crippen molar-refractivity contribution in [2.75, 3.05) is 0 Å². The van der Waals surface area contributed by atoms with Gasteiger partial charge < -0.3 is 19.5 Å². The monoisotopic (exact) mass is 263 g/mol. The Morgan fingerprint density at radius 2 is 2.11 bits per heavy atom. The molecule has 0 saturated heterocycles. The van der Waals surface area contributed by atoms with Gasteiger partial charge >= 0.3 is 5.97 Å². The fourth-order valence-corrected chi connectivity index (χ4v) is 1.62. The van der Waals surface area contributed by atoms with Crippen LogP contribution in [0.3, 0.4) is 0 Å². The Kier molecular flexibility index (Phi) is 3.41. The van der Waals surface area contributed by atoms with Crippen molar-refractivity contribution in [1.29, 1.82) is 0 Å². The Morgan fingerprint density at radius 3 is 2.68 bits per heavy atom. The third-order valence-electron chi connectivity index (χ3n) is 2.73. The lowest BCUT2D eigenvalue weighted by molar-refractivity contribution is 0.0467. The third-order valence-corrected chi connectivity index (χ3v) is 2.73. The molecule has 0 aliphatic rings. The number of hydrogen-bond donors (Lipinski definition) is 2. The maximum Gasteiger partial charge on any atom is 0.342 e. The van der Waals surface area contributed by atoms with Gasteiger partial charge in [0.1, 0.15) is 29.4 Å². The molecule has 2 rings (SSSR count). The van der Waals surface area contributed by atoms with Gasteiger partial charge in [0.2, 0.25) is 0 Å². The molecule has 2 aromatic rings. The molecule has 1 aromatic heterocycles. The molecule has 6 heteroatoms. The van der Waals surface area contributed by atoms with Crippen molar-refractivity contribution < 1.29 is 24.3 Å². The van der Waals surface area contributed by atoms with Crippen LogP contribution >= 0.6 is 0 Å². The normalized spacial score (nSPS) is 10.4. The highest BCUT2D eigenvalue weighted by Gasteiger charge is 2.16. The Morgan fingerprint density at radius 1 is 1.37 bits per heavy atom. The van der Waals surface area contributed by atoms with Gasteiger partial charge in [-0.1, -0.05) is 5.16 Å². The van der Waals surface area contributed by atoms with E-state index in [1.165, 1.54) is 12.1 Å². The van der Waals surface area contributed by atoms with Crippen LogP contribution in [0.1, 0.15) is 27.4 Å². The minimum absolute atomic E-state index is 0.00967. The van der Waals surface area contributed by atoms with Crippen LogP contribution in [0.2, 0.25) is 0 Å². The number of phenolic OH excluding ortho intramolecular Hbond substituents is 2. The summed E-state index contributed by atoms with van der Waals surface area (Å²) in [7, 11) is 0. The van der Waals surface area contributed by atoms with E-state index in [2.05, 4.69) is 5.16 Å². The van der Waals surface area contributed by atoms with Crippen LogP contribution in [0.15, 0.2) is 22.7 Å². The smallest absolute Gasteiger partial charge is 0.342 e. The van der Waals surface area contributed by atoms with Crippen molar-refractivity contribution in [1.82, 2.24) is 5.16 Å². The molecule has 19 heavy (non-hydrogen) atoms. The number of aromatic hydroxyl groups is 2. The minimum atomic E-state index is -0.683. The van der Waals surface area contributed by atoms with Gasteiger partial charge in [-0.15, -0.1) is 0 Å². The third kappa shape index (κ3) is 2.67. The fraction of sp³-hybridized carbons (Fsp3) is 0.231. The number of rotatable bonds is 3. The molecule has 0 bridgehead atoms. The Bertz CT molecular complexity index is 598. The van der Waals surface area contributed by atoms with Crippen molar-refractivity contribution in [2.45, 2.75) is 20.5 Å². The summed E-state index contributed by atoms with van der Waals surface area (Å²) in [5, 5.41) is 22.4. The molecule has 1 aromatic carbocycles. The van der Waals surface area contributed by atoms with Crippen LogP contribution in [0, 0.1) is 13.8 Å². The summed E-state index contributed by atoms with van der Waals surface area (Å²) in [5.41, 5.74) is 1.34. The molecule has 0 atom stereocenters. The maximum atomic E-state index is 11.8. The molecule has 0 saturated carbocycles. The molecule has 1 heterocycles. The molecule has 100 valence electrons. The van der Waals surface area contributed by atoms with E-state index in [0.717, 1.165) is 6.07 Å². The van der Waals surface area contributed by atoms with Crippen molar-refractivity contribution in [3.05, 3.63) is 40.8 Å². The Balaban J connectivity index is 2.10. The number of ether oxygens (including phenoxy) is 1. The van der Waals surface area contributed by atoms with Crippen LogP contribution in [0.25, 0.3) is 0 Å². The molecule has 6 nitrogen and oxygen atoms in total. The van der Waals surface area contributed by atoms with Crippen molar-refractivity contribution in [3.63, 3.8) is 0 Å². The van der Waals surface area contributed by atoms with Gasteiger partial charge in [0.25, 0.3) is 0 Å². The van der Waals surface area contributed by atoms with Crippen LogP contribution < -0.4 is 0 Å². The number of nitrogens with zero attached hydrogens (tertiary/aromatic N) is 1. The summed E-state index contributed by atoms with van der Waals surface area (Å²) >= 11 is 0. The number of carbonyl (C=O) groups is 1. The highest BCUT2D eigenvalue weighted by molar-refractivity contribution is 5.92. The van der Waals surface area contributed by atoms with E-state index in [1.807, 2.05) is 0 Å². The molecule has 0 fully saturated rings. The van der Waals surface area contributed by atoms with Gasteiger partial charge in [0, 0.05) is 6.07 Å². The fourth-order valence-electron chi connectivity index (χ4n) is 1.62. The van der Waals surface area contributed by atoms with Gasteiger partial charge in [-0.3, -0.25) is 0 Å².